The number of ether oxygens (including phenoxy) is 2. The smallest absolute Gasteiger partial charge is 0.355 e. The van der Waals surface area contributed by atoms with Crippen LogP contribution in [0, 0.1) is 5.82 Å². The number of alkyl halides is 2. The van der Waals surface area contributed by atoms with E-state index in [0.29, 0.717) is 43.0 Å². The topological polar surface area (TPSA) is 199 Å². The Morgan fingerprint density at radius 2 is 1.77 bits per heavy atom. The van der Waals surface area contributed by atoms with Crippen molar-refractivity contribution in [1.82, 2.24) is 15.2 Å². The number of nitrogens with one attached hydrogen (secondary N) is 3. The van der Waals surface area contributed by atoms with Crippen LogP contribution >= 0.6 is 0 Å². The molecule has 0 fully saturated rings. The number of aromatic nitrogens is 3. The second-order valence-corrected chi connectivity index (χ2v) is 11.7. The van der Waals surface area contributed by atoms with Crippen LogP contribution in [0.4, 0.5) is 30.5 Å². The highest BCUT2D eigenvalue weighted by molar-refractivity contribution is 7.93. The van der Waals surface area contributed by atoms with Gasteiger partial charge in [0.2, 0.25) is 0 Å². The summed E-state index contributed by atoms with van der Waals surface area (Å²) < 4.78 is 76.5. The molecule has 4 rings (SSSR count). The molecule has 17 heteroatoms. The predicted molar refractivity (Wildman–Crippen MR) is 166 cm³/mol. The summed E-state index contributed by atoms with van der Waals surface area (Å²) >= 11 is 0. The van der Waals surface area contributed by atoms with E-state index in [1.54, 1.807) is 16.9 Å². The Morgan fingerprint density at radius 3 is 2.43 bits per heavy atom. The third kappa shape index (κ3) is 9.83. The van der Waals surface area contributed by atoms with Gasteiger partial charge in [0.1, 0.15) is 28.7 Å². The molecular formula is C30H31F3N6O7S. The van der Waals surface area contributed by atoms with Crippen molar-refractivity contribution < 1.29 is 45.8 Å². The van der Waals surface area contributed by atoms with Crippen LogP contribution in [0.15, 0.2) is 60.8 Å². The fourth-order valence-corrected chi connectivity index (χ4v) is 4.86. The molecule has 0 aliphatic heterocycles. The Kier molecular flexibility index (Phi) is 11.6. The number of carbonyl (C=O) groups excluding carboxylic acids is 1. The molecule has 0 spiro atoms. The number of benzene rings is 2. The van der Waals surface area contributed by atoms with Gasteiger partial charge in [-0.15, -0.1) is 0 Å². The van der Waals surface area contributed by atoms with Gasteiger partial charge >= 0.3 is 11.7 Å². The fourth-order valence-electron chi connectivity index (χ4n) is 4.30. The molecule has 0 atom stereocenters. The Morgan fingerprint density at radius 1 is 1.00 bits per heavy atom. The van der Waals surface area contributed by atoms with E-state index < -0.39 is 33.5 Å². The molecule has 0 aliphatic carbocycles. The van der Waals surface area contributed by atoms with Crippen molar-refractivity contribution in [2.45, 2.75) is 37.9 Å². The summed E-state index contributed by atoms with van der Waals surface area (Å²) in [5, 5.41) is 18.4. The Balaban J connectivity index is 1.51. The highest BCUT2D eigenvalue weighted by atomic mass is 32.2. The van der Waals surface area contributed by atoms with Crippen molar-refractivity contribution in [2.75, 3.05) is 23.3 Å². The molecule has 0 aliphatic rings. The van der Waals surface area contributed by atoms with Crippen LogP contribution in [0.3, 0.4) is 0 Å². The van der Waals surface area contributed by atoms with E-state index in [1.165, 1.54) is 48.7 Å². The second kappa shape index (κ2) is 15.8. The van der Waals surface area contributed by atoms with Crippen LogP contribution in [-0.4, -0.2) is 59.6 Å². The third-order valence-electron chi connectivity index (χ3n) is 6.62. The number of amides is 1. The van der Waals surface area contributed by atoms with Crippen molar-refractivity contribution in [2.24, 2.45) is 5.73 Å². The zero-order valence-electron chi connectivity index (χ0n) is 24.7. The molecule has 47 heavy (non-hydrogen) atoms. The van der Waals surface area contributed by atoms with Crippen LogP contribution in [-0.2, 0) is 21.2 Å². The molecule has 0 radical (unpaired) electrons. The standard InChI is InChI=1S/C30H31F3N6O7S/c31-20-8-5-18(6-9-20)13-15-46-23-16-19(7-11-22(23)39-47(43,44)30(32)33)27-26(28(34)42)29(38-37-27)36-24-12-10-21(17-35-24)45-14-3-1-2-4-25(40)41/h5-12,16-17,30,39H,1-4,13-15H2,(H2,34,42)(H,40,41)(H2,35,36,37,38). The van der Waals surface area contributed by atoms with Gasteiger partial charge in [0.15, 0.2) is 5.82 Å². The Bertz CT molecular complexity index is 1790. The molecule has 0 bridgehead atoms. The Labute approximate surface area is 267 Å². The van der Waals surface area contributed by atoms with Gasteiger partial charge in [-0.25, -0.2) is 17.8 Å². The van der Waals surface area contributed by atoms with Crippen molar-refractivity contribution in [1.29, 1.82) is 0 Å². The molecule has 0 unspecified atom stereocenters. The first-order valence-corrected chi connectivity index (χ1v) is 15.7. The maximum Gasteiger partial charge on any atom is 0.355 e. The number of halogens is 3. The lowest BCUT2D eigenvalue weighted by molar-refractivity contribution is -0.137. The van der Waals surface area contributed by atoms with Gasteiger partial charge in [-0.3, -0.25) is 19.4 Å². The monoisotopic (exact) mass is 676 g/mol. The van der Waals surface area contributed by atoms with Gasteiger partial charge in [-0.1, -0.05) is 18.2 Å². The fraction of sp³-hybridized carbons (Fsp3) is 0.267. The number of unbranched alkanes of at least 4 members (excludes halogenated alkanes) is 2. The number of carboxylic acid groups (broad SMARTS) is 1. The molecule has 2 aromatic heterocycles. The number of nitrogens with zero attached hydrogens (tertiary/aromatic N) is 2. The molecule has 13 nitrogen and oxygen atoms in total. The van der Waals surface area contributed by atoms with Gasteiger partial charge < -0.3 is 25.6 Å². The number of carbonyl (C=O) groups is 2. The molecule has 4 aromatic rings. The molecule has 0 saturated carbocycles. The zero-order valence-corrected chi connectivity index (χ0v) is 25.5. The SMILES string of the molecule is NC(=O)c1c(Nc2ccc(OCCCCCC(=O)O)cn2)n[nH]c1-c1ccc(NS(=O)(=O)C(F)F)c(OCCc2ccc(F)cc2)c1. The highest BCUT2D eigenvalue weighted by Crippen LogP contribution is 2.35. The summed E-state index contributed by atoms with van der Waals surface area (Å²) in [6.45, 7) is 0.343. The summed E-state index contributed by atoms with van der Waals surface area (Å²) in [6, 6.07) is 12.7. The third-order valence-corrected chi connectivity index (χ3v) is 7.59. The van der Waals surface area contributed by atoms with E-state index >= 15 is 0 Å². The molecule has 6 N–H and O–H groups in total. The van der Waals surface area contributed by atoms with E-state index in [2.05, 4.69) is 20.5 Å². The first-order valence-electron chi connectivity index (χ1n) is 14.2. The number of carboxylic acids is 1. The first kappa shape index (κ1) is 34.6. The van der Waals surface area contributed by atoms with E-state index in [4.69, 9.17) is 20.3 Å². The van der Waals surface area contributed by atoms with E-state index in [-0.39, 0.29) is 53.5 Å². The van der Waals surface area contributed by atoms with Gasteiger partial charge in [0.25, 0.3) is 15.9 Å². The van der Waals surface area contributed by atoms with Crippen molar-refractivity contribution in [3.8, 4) is 22.8 Å². The maximum atomic E-state index is 13.2. The zero-order chi connectivity index (χ0) is 34.0. The maximum absolute atomic E-state index is 13.2. The molecular weight excluding hydrogens is 645 g/mol. The number of rotatable bonds is 18. The summed E-state index contributed by atoms with van der Waals surface area (Å²) in [4.78, 5) is 27.4. The number of hydrogen-bond donors (Lipinski definition) is 5. The summed E-state index contributed by atoms with van der Waals surface area (Å²) in [5.74, 6) is -5.19. The van der Waals surface area contributed by atoms with Crippen LogP contribution in [0.2, 0.25) is 0 Å². The van der Waals surface area contributed by atoms with Crippen molar-refractivity contribution in [3.05, 3.63) is 77.7 Å². The number of nitrogens with two attached hydrogens (primary N) is 1. The van der Waals surface area contributed by atoms with E-state index in [1.807, 2.05) is 0 Å². The predicted octanol–water partition coefficient (Wildman–Crippen LogP) is 5.06. The first-order chi connectivity index (χ1) is 22.4. The lowest BCUT2D eigenvalue weighted by Crippen LogP contribution is -2.21. The molecule has 2 aromatic carbocycles. The number of anilines is 3. The largest absolute Gasteiger partial charge is 0.492 e. The average molecular weight is 677 g/mol. The van der Waals surface area contributed by atoms with E-state index in [9.17, 15) is 31.2 Å². The number of pyridine rings is 1. The average Bonchev–Trinajstić information content (AvgIpc) is 3.45. The van der Waals surface area contributed by atoms with Crippen LogP contribution in [0.1, 0.15) is 41.6 Å². The normalized spacial score (nSPS) is 11.3. The number of sulfonamides is 1. The van der Waals surface area contributed by atoms with Crippen molar-refractivity contribution >= 4 is 39.2 Å². The number of hydrogen-bond acceptors (Lipinski definition) is 9. The van der Waals surface area contributed by atoms with Crippen LogP contribution < -0.4 is 25.2 Å². The summed E-state index contributed by atoms with van der Waals surface area (Å²) in [7, 11) is -5.05. The Hall–Kier alpha value is -5.32. The lowest BCUT2D eigenvalue weighted by atomic mass is 10.1. The van der Waals surface area contributed by atoms with Gasteiger partial charge in [-0.2, -0.15) is 13.9 Å². The highest BCUT2D eigenvalue weighted by Gasteiger charge is 2.26. The van der Waals surface area contributed by atoms with Gasteiger partial charge in [-0.05, 0) is 61.2 Å². The molecule has 0 saturated heterocycles. The number of primary amides is 1. The van der Waals surface area contributed by atoms with Crippen LogP contribution in [0.25, 0.3) is 11.3 Å². The van der Waals surface area contributed by atoms with Crippen molar-refractivity contribution in [3.63, 3.8) is 0 Å². The lowest BCUT2D eigenvalue weighted by Gasteiger charge is -2.15. The molecule has 250 valence electrons. The number of aliphatic carboxylic acids is 1. The van der Waals surface area contributed by atoms with Gasteiger partial charge in [0.05, 0.1) is 30.8 Å². The summed E-state index contributed by atoms with van der Waals surface area (Å²) in [6.07, 6.45) is 3.76. The minimum Gasteiger partial charge on any atom is -0.492 e. The van der Waals surface area contributed by atoms with E-state index in [0.717, 1.165) is 0 Å². The van der Waals surface area contributed by atoms with Crippen LogP contribution in [0.5, 0.6) is 11.5 Å². The number of aromatic amines is 1. The molecule has 1 amide bonds. The quantitative estimate of drug-likeness (QED) is 0.0888. The summed E-state index contributed by atoms with van der Waals surface area (Å²) in [5.41, 5.74) is 6.41. The minimum absolute atomic E-state index is 0.0216. The molecule has 2 heterocycles. The van der Waals surface area contributed by atoms with Gasteiger partial charge in [0, 0.05) is 18.4 Å². The second-order valence-electron chi connectivity index (χ2n) is 10.1. The minimum atomic E-state index is -5.05. The number of H-pyrrole nitrogens is 1.